The van der Waals surface area contributed by atoms with Gasteiger partial charge in [0.2, 0.25) is 0 Å². The predicted octanol–water partition coefficient (Wildman–Crippen LogP) is 5.68. The molecule has 3 rings (SSSR count). The Kier molecular flexibility index (Phi) is 4.49. The van der Waals surface area contributed by atoms with E-state index >= 15 is 0 Å². The van der Waals surface area contributed by atoms with Crippen LogP contribution in [0.2, 0.25) is 0 Å². The fourth-order valence-corrected chi connectivity index (χ4v) is 4.81. The number of hydrogen-bond donors (Lipinski definition) is 1. The fourth-order valence-electron chi connectivity index (χ4n) is 4.26. The van der Waals surface area contributed by atoms with Crippen LogP contribution in [0.5, 0.6) is 5.75 Å². The topological polar surface area (TPSA) is 21.3 Å². The van der Waals surface area contributed by atoms with Crippen molar-refractivity contribution in [2.75, 3.05) is 12.4 Å². The highest BCUT2D eigenvalue weighted by Gasteiger charge is 2.37. The van der Waals surface area contributed by atoms with Gasteiger partial charge in [-0.25, -0.2) is 0 Å². The third kappa shape index (κ3) is 3.23. The minimum atomic E-state index is 0.602. The van der Waals surface area contributed by atoms with Gasteiger partial charge in [-0.3, -0.25) is 0 Å². The summed E-state index contributed by atoms with van der Waals surface area (Å²) in [6.07, 6.45) is 11.3. The second-order valence-electron chi connectivity index (χ2n) is 6.93. The molecule has 2 fully saturated rings. The molecule has 2 aliphatic rings. The number of ether oxygens (including phenoxy) is 1. The molecule has 0 amide bonds. The van der Waals surface area contributed by atoms with E-state index in [1.54, 1.807) is 7.11 Å². The molecule has 1 spiro atoms. The van der Waals surface area contributed by atoms with Crippen molar-refractivity contribution < 1.29 is 4.74 Å². The van der Waals surface area contributed by atoms with Crippen molar-refractivity contribution in [3.8, 4) is 5.75 Å². The molecule has 0 atom stereocenters. The first-order chi connectivity index (χ1) is 10.1. The minimum Gasteiger partial charge on any atom is -0.495 e. The number of nitrogens with one attached hydrogen (secondary N) is 1. The van der Waals surface area contributed by atoms with E-state index in [0.717, 1.165) is 10.2 Å². The Morgan fingerprint density at radius 1 is 1.14 bits per heavy atom. The molecular weight excluding hydrogens is 326 g/mol. The van der Waals surface area contributed by atoms with Gasteiger partial charge in [0, 0.05) is 10.5 Å². The summed E-state index contributed by atoms with van der Waals surface area (Å²) in [5.41, 5.74) is 3.13. The molecule has 0 bridgehead atoms. The molecule has 0 radical (unpaired) electrons. The second-order valence-corrected chi connectivity index (χ2v) is 7.84. The fraction of sp³-hybridized carbons (Fsp3) is 0.667. The van der Waals surface area contributed by atoms with Crippen LogP contribution >= 0.6 is 15.9 Å². The summed E-state index contributed by atoms with van der Waals surface area (Å²) in [5.74, 6) is 0.947. The van der Waals surface area contributed by atoms with Crippen molar-refractivity contribution in [2.45, 2.75) is 64.3 Å². The lowest BCUT2D eigenvalue weighted by Gasteiger charge is -2.38. The van der Waals surface area contributed by atoms with Gasteiger partial charge in [-0.1, -0.05) is 28.8 Å². The van der Waals surface area contributed by atoms with Gasteiger partial charge in [0.05, 0.1) is 12.8 Å². The first kappa shape index (κ1) is 15.2. The van der Waals surface area contributed by atoms with E-state index in [2.05, 4.69) is 40.3 Å². The summed E-state index contributed by atoms with van der Waals surface area (Å²) in [4.78, 5) is 0. The Morgan fingerprint density at radius 2 is 1.81 bits per heavy atom. The van der Waals surface area contributed by atoms with Gasteiger partial charge in [-0.15, -0.1) is 0 Å². The van der Waals surface area contributed by atoms with Crippen molar-refractivity contribution in [1.29, 1.82) is 0 Å². The first-order valence-electron chi connectivity index (χ1n) is 8.23. The van der Waals surface area contributed by atoms with E-state index in [1.165, 1.54) is 62.6 Å². The molecule has 0 saturated heterocycles. The zero-order chi connectivity index (χ0) is 14.9. The summed E-state index contributed by atoms with van der Waals surface area (Å²) in [5, 5.41) is 3.76. The minimum absolute atomic E-state index is 0.602. The van der Waals surface area contributed by atoms with Gasteiger partial charge < -0.3 is 10.1 Å². The smallest absolute Gasteiger partial charge is 0.143 e. The van der Waals surface area contributed by atoms with Crippen molar-refractivity contribution in [2.24, 2.45) is 5.41 Å². The lowest BCUT2D eigenvalue weighted by molar-refractivity contribution is 0.188. The van der Waals surface area contributed by atoms with Gasteiger partial charge >= 0.3 is 0 Å². The maximum absolute atomic E-state index is 5.55. The number of methoxy groups -OCH3 is 1. The maximum Gasteiger partial charge on any atom is 0.143 e. The molecular formula is C18H26BrNO. The van der Waals surface area contributed by atoms with Gasteiger partial charge in [-0.05, 0) is 68.6 Å². The molecule has 2 saturated carbocycles. The highest BCUT2D eigenvalue weighted by molar-refractivity contribution is 9.10. The van der Waals surface area contributed by atoms with Crippen LogP contribution in [0.4, 0.5) is 5.69 Å². The quantitative estimate of drug-likeness (QED) is 0.755. The number of anilines is 1. The molecule has 0 unspecified atom stereocenters. The van der Waals surface area contributed by atoms with Gasteiger partial charge in [0.25, 0.3) is 0 Å². The lowest BCUT2D eigenvalue weighted by Crippen LogP contribution is -2.32. The number of aryl methyl sites for hydroxylation is 1. The second kappa shape index (κ2) is 6.20. The molecule has 0 heterocycles. The first-order valence-corrected chi connectivity index (χ1v) is 9.02. The average molecular weight is 352 g/mol. The monoisotopic (exact) mass is 351 g/mol. The summed E-state index contributed by atoms with van der Waals surface area (Å²) in [7, 11) is 1.75. The highest BCUT2D eigenvalue weighted by atomic mass is 79.9. The van der Waals surface area contributed by atoms with Crippen LogP contribution in [0.3, 0.4) is 0 Å². The Morgan fingerprint density at radius 3 is 2.43 bits per heavy atom. The van der Waals surface area contributed by atoms with Crippen LogP contribution in [0.25, 0.3) is 0 Å². The molecule has 2 aliphatic carbocycles. The molecule has 0 aliphatic heterocycles. The third-order valence-corrected chi connectivity index (χ3v) is 6.00. The molecule has 1 N–H and O–H groups in total. The van der Waals surface area contributed by atoms with E-state index in [-0.39, 0.29) is 0 Å². The zero-order valence-electron chi connectivity index (χ0n) is 13.2. The highest BCUT2D eigenvalue weighted by Crippen LogP contribution is 2.49. The Labute approximate surface area is 136 Å². The van der Waals surface area contributed by atoms with E-state index < -0.39 is 0 Å². The number of halogens is 1. The van der Waals surface area contributed by atoms with Crippen LogP contribution in [-0.2, 0) is 0 Å². The van der Waals surface area contributed by atoms with E-state index in [9.17, 15) is 0 Å². The lowest BCUT2D eigenvalue weighted by atomic mass is 9.71. The van der Waals surface area contributed by atoms with Crippen molar-refractivity contribution in [1.82, 2.24) is 0 Å². The number of rotatable bonds is 3. The summed E-state index contributed by atoms with van der Waals surface area (Å²) in [6.45, 7) is 2.15. The molecule has 21 heavy (non-hydrogen) atoms. The van der Waals surface area contributed by atoms with Crippen molar-refractivity contribution >= 4 is 21.6 Å². The summed E-state index contributed by atoms with van der Waals surface area (Å²) >= 11 is 3.55. The van der Waals surface area contributed by atoms with Crippen molar-refractivity contribution in [3.63, 3.8) is 0 Å². The molecule has 116 valence electrons. The van der Waals surface area contributed by atoms with Gasteiger partial charge in [0.1, 0.15) is 5.75 Å². The number of benzene rings is 1. The van der Waals surface area contributed by atoms with E-state index in [0.29, 0.717) is 11.5 Å². The SMILES string of the molecule is COc1cc(Br)cc(C)c1NC1CCC2(CCCC2)CC1. The third-order valence-electron chi connectivity index (χ3n) is 5.54. The normalized spacial score (nSPS) is 21.7. The van der Waals surface area contributed by atoms with Crippen LogP contribution in [-0.4, -0.2) is 13.2 Å². The van der Waals surface area contributed by atoms with Crippen LogP contribution in [0, 0.1) is 12.3 Å². The van der Waals surface area contributed by atoms with Gasteiger partial charge in [-0.2, -0.15) is 0 Å². The number of hydrogen-bond acceptors (Lipinski definition) is 2. The molecule has 1 aromatic rings. The predicted molar refractivity (Wildman–Crippen MR) is 92.2 cm³/mol. The molecule has 2 nitrogen and oxygen atoms in total. The summed E-state index contributed by atoms with van der Waals surface area (Å²) < 4.78 is 6.63. The van der Waals surface area contributed by atoms with Gasteiger partial charge in [0.15, 0.2) is 0 Å². The Hall–Kier alpha value is -0.700. The van der Waals surface area contributed by atoms with E-state index in [4.69, 9.17) is 4.74 Å². The Bertz CT molecular complexity index is 498. The standard InChI is InChI=1S/C18H26BrNO/c1-13-11-14(19)12-16(21-2)17(13)20-15-5-9-18(10-6-15)7-3-4-8-18/h11-12,15,20H,3-10H2,1-2H3. The average Bonchev–Trinajstić information content (AvgIpc) is 2.92. The molecule has 3 heteroatoms. The summed E-state index contributed by atoms with van der Waals surface area (Å²) in [6, 6.07) is 4.81. The largest absolute Gasteiger partial charge is 0.495 e. The van der Waals surface area contributed by atoms with Crippen LogP contribution < -0.4 is 10.1 Å². The van der Waals surface area contributed by atoms with Crippen LogP contribution in [0.1, 0.15) is 56.9 Å². The Balaban J connectivity index is 1.68. The van der Waals surface area contributed by atoms with Crippen molar-refractivity contribution in [3.05, 3.63) is 22.2 Å². The molecule has 0 aromatic heterocycles. The zero-order valence-corrected chi connectivity index (χ0v) is 14.8. The van der Waals surface area contributed by atoms with Crippen LogP contribution in [0.15, 0.2) is 16.6 Å². The van der Waals surface area contributed by atoms with E-state index in [1.807, 2.05) is 0 Å². The maximum atomic E-state index is 5.55. The molecule has 1 aromatic carbocycles.